The summed E-state index contributed by atoms with van der Waals surface area (Å²) in [4.78, 5) is 0. The highest BCUT2D eigenvalue weighted by atomic mass is 16.5. The summed E-state index contributed by atoms with van der Waals surface area (Å²) in [5.41, 5.74) is 7.45. The fourth-order valence-corrected chi connectivity index (χ4v) is 2.17. The van der Waals surface area contributed by atoms with Gasteiger partial charge < -0.3 is 15.2 Å². The second-order valence-electron chi connectivity index (χ2n) is 4.25. The third-order valence-corrected chi connectivity index (χ3v) is 3.27. The number of benzene rings is 1. The topological polar surface area (TPSA) is 44.5 Å². The molecule has 1 unspecified atom stereocenters. The molecule has 0 aromatic heterocycles. The fourth-order valence-electron chi connectivity index (χ4n) is 2.17. The van der Waals surface area contributed by atoms with Crippen molar-refractivity contribution >= 4 is 0 Å². The SMILES string of the molecule is COc1ccc(C(N)C2CCOCC2)cc1. The van der Waals surface area contributed by atoms with Crippen LogP contribution >= 0.6 is 0 Å². The molecule has 88 valence electrons. The molecule has 1 atom stereocenters. The number of hydrogen-bond acceptors (Lipinski definition) is 3. The van der Waals surface area contributed by atoms with E-state index in [9.17, 15) is 0 Å². The molecule has 3 heteroatoms. The largest absolute Gasteiger partial charge is 0.497 e. The third kappa shape index (κ3) is 2.54. The highest BCUT2D eigenvalue weighted by Gasteiger charge is 2.21. The Kier molecular flexibility index (Phi) is 3.80. The minimum atomic E-state index is 0.120. The second-order valence-corrected chi connectivity index (χ2v) is 4.25. The summed E-state index contributed by atoms with van der Waals surface area (Å²) >= 11 is 0. The minimum Gasteiger partial charge on any atom is -0.497 e. The van der Waals surface area contributed by atoms with E-state index in [0.29, 0.717) is 5.92 Å². The zero-order chi connectivity index (χ0) is 11.4. The monoisotopic (exact) mass is 221 g/mol. The lowest BCUT2D eigenvalue weighted by molar-refractivity contribution is 0.0584. The Morgan fingerprint density at radius 1 is 1.25 bits per heavy atom. The van der Waals surface area contributed by atoms with Gasteiger partial charge >= 0.3 is 0 Å². The van der Waals surface area contributed by atoms with Crippen LogP contribution in [0.15, 0.2) is 24.3 Å². The first-order chi connectivity index (χ1) is 7.81. The van der Waals surface area contributed by atoms with Gasteiger partial charge in [-0.3, -0.25) is 0 Å². The highest BCUT2D eigenvalue weighted by Crippen LogP contribution is 2.28. The molecule has 3 nitrogen and oxygen atoms in total. The summed E-state index contributed by atoms with van der Waals surface area (Å²) in [5.74, 6) is 1.42. The maximum atomic E-state index is 6.26. The number of methoxy groups -OCH3 is 1. The van der Waals surface area contributed by atoms with Crippen molar-refractivity contribution in [2.45, 2.75) is 18.9 Å². The summed E-state index contributed by atoms with van der Waals surface area (Å²) < 4.78 is 10.5. The fraction of sp³-hybridized carbons (Fsp3) is 0.538. The normalized spacial score (nSPS) is 19.4. The number of hydrogen-bond donors (Lipinski definition) is 1. The molecule has 1 aromatic rings. The van der Waals surface area contributed by atoms with Gasteiger partial charge in [0.15, 0.2) is 0 Å². The average Bonchev–Trinajstić information content (AvgIpc) is 2.39. The predicted octanol–water partition coefficient (Wildman–Crippen LogP) is 2.12. The van der Waals surface area contributed by atoms with Gasteiger partial charge in [0.2, 0.25) is 0 Å². The highest BCUT2D eigenvalue weighted by molar-refractivity contribution is 5.29. The van der Waals surface area contributed by atoms with Crippen molar-refractivity contribution < 1.29 is 9.47 Å². The van der Waals surface area contributed by atoms with Gasteiger partial charge in [-0.05, 0) is 36.5 Å². The summed E-state index contributed by atoms with van der Waals surface area (Å²) in [6.45, 7) is 1.68. The first-order valence-electron chi connectivity index (χ1n) is 5.78. The first-order valence-corrected chi connectivity index (χ1v) is 5.78. The van der Waals surface area contributed by atoms with Crippen molar-refractivity contribution in [3.8, 4) is 5.75 Å². The lowest BCUT2D eigenvalue weighted by Gasteiger charge is -2.27. The van der Waals surface area contributed by atoms with Gasteiger partial charge in [-0.25, -0.2) is 0 Å². The quantitative estimate of drug-likeness (QED) is 0.850. The van der Waals surface area contributed by atoms with Crippen molar-refractivity contribution in [1.82, 2.24) is 0 Å². The van der Waals surface area contributed by atoms with Crippen LogP contribution in [0.2, 0.25) is 0 Å². The molecule has 0 aliphatic carbocycles. The van der Waals surface area contributed by atoms with E-state index in [0.717, 1.165) is 31.8 Å². The molecule has 0 saturated carbocycles. The molecule has 2 N–H and O–H groups in total. The molecule has 0 bridgehead atoms. The van der Waals surface area contributed by atoms with Crippen LogP contribution in [0.3, 0.4) is 0 Å². The Labute approximate surface area is 96.5 Å². The van der Waals surface area contributed by atoms with E-state index in [1.165, 1.54) is 5.56 Å². The summed E-state index contributed by atoms with van der Waals surface area (Å²) in [6, 6.07) is 8.16. The van der Waals surface area contributed by atoms with E-state index < -0.39 is 0 Å². The van der Waals surface area contributed by atoms with Crippen LogP contribution in [0.1, 0.15) is 24.4 Å². The first kappa shape index (κ1) is 11.4. The Morgan fingerprint density at radius 2 is 1.88 bits per heavy atom. The van der Waals surface area contributed by atoms with Crippen LogP contribution in [0.5, 0.6) is 5.75 Å². The Bertz CT molecular complexity index is 317. The molecular formula is C13H19NO2. The maximum absolute atomic E-state index is 6.26. The number of ether oxygens (including phenoxy) is 2. The molecule has 0 spiro atoms. The van der Waals surface area contributed by atoms with Gasteiger partial charge in [0.05, 0.1) is 7.11 Å². The van der Waals surface area contributed by atoms with Crippen LogP contribution in [0.4, 0.5) is 0 Å². The van der Waals surface area contributed by atoms with Gasteiger partial charge in [0, 0.05) is 19.3 Å². The Morgan fingerprint density at radius 3 is 2.44 bits per heavy atom. The van der Waals surface area contributed by atoms with E-state index in [1.54, 1.807) is 7.11 Å². The number of rotatable bonds is 3. The zero-order valence-electron chi connectivity index (χ0n) is 9.69. The van der Waals surface area contributed by atoms with Crippen molar-refractivity contribution in [2.24, 2.45) is 11.7 Å². The third-order valence-electron chi connectivity index (χ3n) is 3.27. The molecule has 0 radical (unpaired) electrons. The van der Waals surface area contributed by atoms with Crippen LogP contribution in [-0.2, 0) is 4.74 Å². The molecule has 1 aliphatic heterocycles. The van der Waals surface area contributed by atoms with Crippen LogP contribution < -0.4 is 10.5 Å². The molecule has 1 fully saturated rings. The second kappa shape index (κ2) is 5.32. The molecular weight excluding hydrogens is 202 g/mol. The van der Waals surface area contributed by atoms with E-state index in [4.69, 9.17) is 15.2 Å². The molecule has 1 aromatic carbocycles. The van der Waals surface area contributed by atoms with E-state index in [2.05, 4.69) is 12.1 Å². The molecule has 0 amide bonds. The maximum Gasteiger partial charge on any atom is 0.118 e. The standard InChI is InChI=1S/C13H19NO2/c1-15-12-4-2-10(3-5-12)13(14)11-6-8-16-9-7-11/h2-5,11,13H,6-9,14H2,1H3. The summed E-state index contributed by atoms with van der Waals surface area (Å²) in [7, 11) is 1.67. The summed E-state index contributed by atoms with van der Waals surface area (Å²) in [6.07, 6.45) is 2.13. The van der Waals surface area contributed by atoms with Gasteiger partial charge in [-0.2, -0.15) is 0 Å². The molecule has 2 rings (SSSR count). The van der Waals surface area contributed by atoms with Crippen molar-refractivity contribution in [1.29, 1.82) is 0 Å². The average molecular weight is 221 g/mol. The van der Waals surface area contributed by atoms with Gasteiger partial charge in [-0.15, -0.1) is 0 Å². The minimum absolute atomic E-state index is 0.120. The van der Waals surface area contributed by atoms with Crippen molar-refractivity contribution in [3.63, 3.8) is 0 Å². The smallest absolute Gasteiger partial charge is 0.118 e. The predicted molar refractivity (Wildman–Crippen MR) is 63.5 cm³/mol. The lowest BCUT2D eigenvalue weighted by atomic mass is 9.88. The lowest BCUT2D eigenvalue weighted by Crippen LogP contribution is -2.27. The molecule has 16 heavy (non-hydrogen) atoms. The molecule has 1 saturated heterocycles. The van der Waals surface area contributed by atoms with Crippen LogP contribution in [-0.4, -0.2) is 20.3 Å². The van der Waals surface area contributed by atoms with E-state index >= 15 is 0 Å². The molecule has 1 aliphatic rings. The molecule has 1 heterocycles. The van der Waals surface area contributed by atoms with Crippen LogP contribution in [0, 0.1) is 5.92 Å². The summed E-state index contributed by atoms with van der Waals surface area (Å²) in [5, 5.41) is 0. The van der Waals surface area contributed by atoms with Gasteiger partial charge in [0.25, 0.3) is 0 Å². The zero-order valence-corrected chi connectivity index (χ0v) is 9.69. The van der Waals surface area contributed by atoms with Crippen LogP contribution in [0.25, 0.3) is 0 Å². The Hall–Kier alpha value is -1.06. The Balaban J connectivity index is 2.04. The van der Waals surface area contributed by atoms with E-state index in [-0.39, 0.29) is 6.04 Å². The van der Waals surface area contributed by atoms with Gasteiger partial charge in [0.1, 0.15) is 5.75 Å². The van der Waals surface area contributed by atoms with Crippen molar-refractivity contribution in [3.05, 3.63) is 29.8 Å². The van der Waals surface area contributed by atoms with E-state index in [1.807, 2.05) is 12.1 Å². The van der Waals surface area contributed by atoms with Crippen molar-refractivity contribution in [2.75, 3.05) is 20.3 Å². The van der Waals surface area contributed by atoms with Gasteiger partial charge in [-0.1, -0.05) is 12.1 Å². The number of nitrogens with two attached hydrogens (primary N) is 1.